The fourth-order valence-electron chi connectivity index (χ4n) is 3.10. The molecule has 1 saturated heterocycles. The molecule has 1 atom stereocenters. The van der Waals surface area contributed by atoms with Crippen molar-refractivity contribution in [2.24, 2.45) is 5.92 Å². The second kappa shape index (κ2) is 6.56. The van der Waals surface area contributed by atoms with Gasteiger partial charge in [-0.05, 0) is 56.3 Å². The fraction of sp³-hybridized carbons (Fsp3) is 0.588. The van der Waals surface area contributed by atoms with E-state index in [1.165, 1.54) is 6.07 Å². The number of carbonyl (C=O) groups excluding carboxylic acids is 1. The van der Waals surface area contributed by atoms with Gasteiger partial charge in [0.2, 0.25) is 5.91 Å². The Kier molecular flexibility index (Phi) is 4.54. The molecule has 1 heterocycles. The predicted octanol–water partition coefficient (Wildman–Crippen LogP) is 2.36. The third-order valence-electron chi connectivity index (χ3n) is 4.45. The normalized spacial score (nSPS) is 22.0. The van der Waals surface area contributed by atoms with Crippen molar-refractivity contribution in [3.63, 3.8) is 0 Å². The highest BCUT2D eigenvalue weighted by Gasteiger charge is 2.35. The molecular formula is C17H23FN2O. The standard InChI is InChI=1S/C17H23FN2O/c18-15-5-1-3-13(11-15)8-10-20(16-6-7-16)17(21)14-4-2-9-19-12-14/h1,3,5,11,14,16,19H,2,4,6-10,12H2. The first-order valence-electron chi connectivity index (χ1n) is 7.99. The minimum atomic E-state index is -0.201. The van der Waals surface area contributed by atoms with Crippen molar-refractivity contribution in [3.05, 3.63) is 35.6 Å². The highest BCUT2D eigenvalue weighted by Crippen LogP contribution is 2.29. The van der Waals surface area contributed by atoms with Gasteiger partial charge in [0, 0.05) is 19.1 Å². The summed E-state index contributed by atoms with van der Waals surface area (Å²) in [5.74, 6) is 0.223. The molecule has 4 heteroatoms. The molecule has 1 aromatic carbocycles. The molecule has 0 aromatic heterocycles. The lowest BCUT2D eigenvalue weighted by molar-refractivity contribution is -0.136. The highest BCUT2D eigenvalue weighted by atomic mass is 19.1. The van der Waals surface area contributed by atoms with Gasteiger partial charge >= 0.3 is 0 Å². The number of rotatable bonds is 5. The molecule has 1 unspecified atom stereocenters. The third kappa shape index (κ3) is 3.82. The molecule has 1 saturated carbocycles. The van der Waals surface area contributed by atoms with Crippen molar-refractivity contribution in [2.75, 3.05) is 19.6 Å². The van der Waals surface area contributed by atoms with Gasteiger partial charge in [0.1, 0.15) is 5.82 Å². The molecule has 1 aliphatic heterocycles. The van der Waals surface area contributed by atoms with Crippen LogP contribution >= 0.6 is 0 Å². The van der Waals surface area contributed by atoms with Crippen LogP contribution in [0.25, 0.3) is 0 Å². The van der Waals surface area contributed by atoms with E-state index in [1.807, 2.05) is 11.0 Å². The van der Waals surface area contributed by atoms with Gasteiger partial charge < -0.3 is 10.2 Å². The quantitative estimate of drug-likeness (QED) is 0.903. The summed E-state index contributed by atoms with van der Waals surface area (Å²) in [6.07, 6.45) is 5.05. The first-order valence-corrected chi connectivity index (χ1v) is 7.99. The Bertz CT molecular complexity index is 495. The summed E-state index contributed by atoms with van der Waals surface area (Å²) >= 11 is 0. The number of halogens is 1. The first kappa shape index (κ1) is 14.5. The first-order chi connectivity index (χ1) is 10.2. The van der Waals surface area contributed by atoms with Crippen LogP contribution in [0.15, 0.2) is 24.3 Å². The van der Waals surface area contributed by atoms with E-state index in [0.717, 1.165) is 50.8 Å². The van der Waals surface area contributed by atoms with Crippen molar-refractivity contribution >= 4 is 5.91 Å². The largest absolute Gasteiger partial charge is 0.339 e. The van der Waals surface area contributed by atoms with E-state index in [-0.39, 0.29) is 11.7 Å². The maximum absolute atomic E-state index is 13.2. The number of benzene rings is 1. The van der Waals surface area contributed by atoms with Crippen molar-refractivity contribution < 1.29 is 9.18 Å². The van der Waals surface area contributed by atoms with Gasteiger partial charge in [-0.2, -0.15) is 0 Å². The number of hydrogen-bond donors (Lipinski definition) is 1. The zero-order valence-corrected chi connectivity index (χ0v) is 12.4. The second-order valence-electron chi connectivity index (χ2n) is 6.19. The molecule has 2 fully saturated rings. The molecule has 1 aromatic rings. The summed E-state index contributed by atoms with van der Waals surface area (Å²) < 4.78 is 13.2. The number of amides is 1. The summed E-state index contributed by atoms with van der Waals surface area (Å²) in [6, 6.07) is 7.12. The lowest BCUT2D eigenvalue weighted by Crippen LogP contribution is -2.44. The van der Waals surface area contributed by atoms with Gasteiger partial charge in [0.25, 0.3) is 0 Å². The van der Waals surface area contributed by atoms with E-state index in [1.54, 1.807) is 12.1 Å². The topological polar surface area (TPSA) is 32.3 Å². The molecule has 114 valence electrons. The molecule has 1 N–H and O–H groups in total. The van der Waals surface area contributed by atoms with E-state index in [2.05, 4.69) is 5.32 Å². The Labute approximate surface area is 125 Å². The Hall–Kier alpha value is -1.42. The lowest BCUT2D eigenvalue weighted by atomic mass is 9.97. The minimum absolute atomic E-state index is 0.131. The highest BCUT2D eigenvalue weighted by molar-refractivity contribution is 5.79. The van der Waals surface area contributed by atoms with Crippen LogP contribution in [0.1, 0.15) is 31.2 Å². The molecule has 0 bridgehead atoms. The average molecular weight is 290 g/mol. The number of carbonyl (C=O) groups is 1. The van der Waals surface area contributed by atoms with Crippen LogP contribution in [-0.2, 0) is 11.2 Å². The van der Waals surface area contributed by atoms with Crippen molar-refractivity contribution in [3.8, 4) is 0 Å². The molecule has 3 nitrogen and oxygen atoms in total. The van der Waals surface area contributed by atoms with Gasteiger partial charge in [-0.25, -0.2) is 4.39 Å². The zero-order valence-electron chi connectivity index (χ0n) is 12.4. The summed E-state index contributed by atoms with van der Waals surface area (Å²) in [5.41, 5.74) is 0.968. The molecule has 21 heavy (non-hydrogen) atoms. The zero-order chi connectivity index (χ0) is 14.7. The van der Waals surface area contributed by atoms with Gasteiger partial charge in [-0.1, -0.05) is 12.1 Å². The molecular weight excluding hydrogens is 267 g/mol. The molecule has 3 rings (SSSR count). The number of nitrogens with one attached hydrogen (secondary N) is 1. The molecule has 0 radical (unpaired) electrons. The van der Waals surface area contributed by atoms with Crippen LogP contribution in [0, 0.1) is 11.7 Å². The molecule has 1 amide bonds. The molecule has 0 spiro atoms. The van der Waals surface area contributed by atoms with Crippen LogP contribution in [0.5, 0.6) is 0 Å². The summed E-state index contributed by atoms with van der Waals surface area (Å²) in [4.78, 5) is 14.7. The molecule has 2 aliphatic rings. The monoisotopic (exact) mass is 290 g/mol. The van der Waals surface area contributed by atoms with Gasteiger partial charge in [0.15, 0.2) is 0 Å². The minimum Gasteiger partial charge on any atom is -0.339 e. The predicted molar refractivity (Wildman–Crippen MR) is 80.4 cm³/mol. The van der Waals surface area contributed by atoms with Crippen LogP contribution in [0.4, 0.5) is 4.39 Å². The SMILES string of the molecule is O=C(C1CCCNC1)N(CCc1cccc(F)c1)C1CC1. The Balaban J connectivity index is 1.60. The lowest BCUT2D eigenvalue weighted by Gasteiger charge is -2.30. The third-order valence-corrected chi connectivity index (χ3v) is 4.45. The Morgan fingerprint density at radius 3 is 2.86 bits per heavy atom. The van der Waals surface area contributed by atoms with Crippen LogP contribution < -0.4 is 5.32 Å². The van der Waals surface area contributed by atoms with E-state index >= 15 is 0 Å². The number of nitrogens with zero attached hydrogens (tertiary/aromatic N) is 1. The van der Waals surface area contributed by atoms with Gasteiger partial charge in [0.05, 0.1) is 5.92 Å². The second-order valence-corrected chi connectivity index (χ2v) is 6.19. The summed E-state index contributed by atoms with van der Waals surface area (Å²) in [5, 5.41) is 3.31. The van der Waals surface area contributed by atoms with Crippen molar-refractivity contribution in [1.29, 1.82) is 0 Å². The number of hydrogen-bond acceptors (Lipinski definition) is 2. The van der Waals surface area contributed by atoms with Crippen molar-refractivity contribution in [2.45, 2.75) is 38.1 Å². The van der Waals surface area contributed by atoms with Crippen LogP contribution in [0.3, 0.4) is 0 Å². The van der Waals surface area contributed by atoms with E-state index in [0.29, 0.717) is 18.5 Å². The van der Waals surface area contributed by atoms with Crippen molar-refractivity contribution in [1.82, 2.24) is 10.2 Å². The van der Waals surface area contributed by atoms with Crippen LogP contribution in [-0.4, -0.2) is 36.5 Å². The Morgan fingerprint density at radius 2 is 2.19 bits per heavy atom. The van der Waals surface area contributed by atoms with Gasteiger partial charge in [-0.3, -0.25) is 4.79 Å². The average Bonchev–Trinajstić information content (AvgIpc) is 3.33. The number of piperidine rings is 1. The van der Waals surface area contributed by atoms with Gasteiger partial charge in [-0.15, -0.1) is 0 Å². The Morgan fingerprint density at radius 1 is 1.33 bits per heavy atom. The smallest absolute Gasteiger partial charge is 0.227 e. The van der Waals surface area contributed by atoms with E-state index < -0.39 is 0 Å². The fourth-order valence-corrected chi connectivity index (χ4v) is 3.10. The maximum atomic E-state index is 13.2. The van der Waals surface area contributed by atoms with Crippen LogP contribution in [0.2, 0.25) is 0 Å². The summed E-state index contributed by atoms with van der Waals surface area (Å²) in [7, 11) is 0. The van der Waals surface area contributed by atoms with E-state index in [9.17, 15) is 9.18 Å². The molecule has 1 aliphatic carbocycles. The van der Waals surface area contributed by atoms with E-state index in [4.69, 9.17) is 0 Å². The summed E-state index contributed by atoms with van der Waals surface area (Å²) in [6.45, 7) is 2.54. The maximum Gasteiger partial charge on any atom is 0.227 e.